The normalized spacial score (nSPS) is 13.6. The minimum Gasteiger partial charge on any atom is -0.368 e. The minimum atomic E-state index is 0.0825. The van der Waals surface area contributed by atoms with Gasteiger partial charge in [-0.05, 0) is 32.1 Å². The van der Waals surface area contributed by atoms with Crippen LogP contribution in [0.15, 0.2) is 30.5 Å². The van der Waals surface area contributed by atoms with E-state index < -0.39 is 0 Å². The summed E-state index contributed by atoms with van der Waals surface area (Å²) in [5.74, 6) is 0.315. The van der Waals surface area contributed by atoms with Crippen molar-refractivity contribution in [3.63, 3.8) is 0 Å². The van der Waals surface area contributed by atoms with Gasteiger partial charge in [0.05, 0.1) is 17.8 Å². The average molecular weight is 339 g/mol. The summed E-state index contributed by atoms with van der Waals surface area (Å²) in [6, 6.07) is 7.90. The summed E-state index contributed by atoms with van der Waals surface area (Å²) in [7, 11) is 0. The fourth-order valence-electron chi connectivity index (χ4n) is 3.32. The highest BCUT2D eigenvalue weighted by Gasteiger charge is 2.26. The topological polar surface area (TPSA) is 75.3 Å². The lowest BCUT2D eigenvalue weighted by molar-refractivity contribution is -0.118. The third-order valence-electron chi connectivity index (χ3n) is 4.73. The second kappa shape index (κ2) is 7.61. The molecule has 0 spiro atoms. The molecule has 1 aliphatic rings. The molecule has 0 saturated carbocycles. The molecule has 0 unspecified atom stereocenters. The van der Waals surface area contributed by atoms with E-state index in [0.717, 1.165) is 48.6 Å². The number of carbonyl (C=O) groups is 1. The largest absolute Gasteiger partial charge is 0.368 e. The van der Waals surface area contributed by atoms with Crippen molar-refractivity contribution in [2.24, 2.45) is 0 Å². The van der Waals surface area contributed by atoms with E-state index in [0.29, 0.717) is 13.0 Å². The van der Waals surface area contributed by atoms with Gasteiger partial charge in [-0.2, -0.15) is 0 Å². The smallest absolute Gasteiger partial charge is 0.231 e. The molecule has 1 aromatic heterocycles. The number of amides is 1. The number of rotatable bonds is 6. The molecule has 132 valence electrons. The zero-order valence-electron chi connectivity index (χ0n) is 14.9. The van der Waals surface area contributed by atoms with Crippen molar-refractivity contribution in [2.75, 3.05) is 36.8 Å². The molecule has 0 atom stereocenters. The van der Waals surface area contributed by atoms with Gasteiger partial charge in [0.15, 0.2) is 0 Å². The van der Waals surface area contributed by atoms with Crippen molar-refractivity contribution >= 4 is 17.5 Å². The number of aromatic nitrogens is 2. The van der Waals surface area contributed by atoms with Gasteiger partial charge < -0.3 is 15.5 Å². The molecule has 2 heterocycles. The first-order chi connectivity index (χ1) is 12.1. The van der Waals surface area contributed by atoms with E-state index in [4.69, 9.17) is 5.73 Å². The van der Waals surface area contributed by atoms with Crippen molar-refractivity contribution in [2.45, 2.75) is 26.7 Å². The molecule has 25 heavy (non-hydrogen) atoms. The summed E-state index contributed by atoms with van der Waals surface area (Å²) in [6.45, 7) is 8.07. The van der Waals surface area contributed by atoms with Gasteiger partial charge in [0.25, 0.3) is 0 Å². The van der Waals surface area contributed by atoms with Gasteiger partial charge in [-0.3, -0.25) is 4.79 Å². The lowest BCUT2D eigenvalue weighted by Crippen LogP contribution is -2.35. The van der Waals surface area contributed by atoms with E-state index >= 15 is 0 Å². The SMILES string of the molecule is CCN(CC)CCCN1C(=O)Cc2cnc(N)nc2-c2ccccc21. The van der Waals surface area contributed by atoms with Crippen LogP contribution in [0.5, 0.6) is 0 Å². The number of nitrogens with zero attached hydrogens (tertiary/aromatic N) is 4. The van der Waals surface area contributed by atoms with Crippen LogP contribution in [0.3, 0.4) is 0 Å². The monoisotopic (exact) mass is 339 g/mol. The number of carbonyl (C=O) groups excluding carboxylic acids is 1. The van der Waals surface area contributed by atoms with Crippen molar-refractivity contribution in [3.8, 4) is 11.3 Å². The summed E-state index contributed by atoms with van der Waals surface area (Å²) in [4.78, 5) is 25.6. The summed E-state index contributed by atoms with van der Waals surface area (Å²) in [5.41, 5.74) is 9.23. The Morgan fingerprint density at radius 3 is 2.76 bits per heavy atom. The second-order valence-electron chi connectivity index (χ2n) is 6.22. The van der Waals surface area contributed by atoms with Crippen LogP contribution in [-0.4, -0.2) is 47.0 Å². The Hall–Kier alpha value is -2.47. The number of para-hydroxylation sites is 1. The van der Waals surface area contributed by atoms with Gasteiger partial charge in [-0.1, -0.05) is 32.0 Å². The molecule has 0 aliphatic carbocycles. The van der Waals surface area contributed by atoms with Gasteiger partial charge in [0, 0.05) is 23.9 Å². The first-order valence-corrected chi connectivity index (χ1v) is 8.87. The van der Waals surface area contributed by atoms with Crippen LogP contribution in [0, 0.1) is 0 Å². The van der Waals surface area contributed by atoms with Gasteiger partial charge in [-0.15, -0.1) is 0 Å². The molecule has 1 aromatic carbocycles. The predicted molar refractivity (Wildman–Crippen MR) is 100 cm³/mol. The van der Waals surface area contributed by atoms with Crippen LogP contribution >= 0.6 is 0 Å². The Morgan fingerprint density at radius 2 is 2.00 bits per heavy atom. The zero-order chi connectivity index (χ0) is 17.8. The highest BCUT2D eigenvalue weighted by Crippen LogP contribution is 2.35. The van der Waals surface area contributed by atoms with E-state index in [1.54, 1.807) is 6.20 Å². The molecular weight excluding hydrogens is 314 g/mol. The Morgan fingerprint density at radius 1 is 1.24 bits per heavy atom. The Bertz CT molecular complexity index is 757. The minimum absolute atomic E-state index is 0.0825. The molecule has 6 nitrogen and oxygen atoms in total. The summed E-state index contributed by atoms with van der Waals surface area (Å²) in [6.07, 6.45) is 2.91. The van der Waals surface area contributed by atoms with Crippen molar-refractivity contribution in [3.05, 3.63) is 36.0 Å². The van der Waals surface area contributed by atoms with E-state index in [9.17, 15) is 4.79 Å². The highest BCUT2D eigenvalue weighted by molar-refractivity contribution is 6.01. The van der Waals surface area contributed by atoms with Crippen molar-refractivity contribution < 1.29 is 4.79 Å². The maximum absolute atomic E-state index is 12.9. The zero-order valence-corrected chi connectivity index (χ0v) is 14.9. The van der Waals surface area contributed by atoms with Crippen LogP contribution in [0.1, 0.15) is 25.8 Å². The van der Waals surface area contributed by atoms with Gasteiger partial charge in [-0.25, -0.2) is 9.97 Å². The maximum atomic E-state index is 12.9. The summed E-state index contributed by atoms with van der Waals surface area (Å²) >= 11 is 0. The molecule has 0 fully saturated rings. The van der Waals surface area contributed by atoms with Crippen molar-refractivity contribution in [1.82, 2.24) is 14.9 Å². The number of nitrogens with two attached hydrogens (primary N) is 1. The van der Waals surface area contributed by atoms with Crippen LogP contribution in [0.4, 0.5) is 11.6 Å². The van der Waals surface area contributed by atoms with Gasteiger partial charge in [0.2, 0.25) is 11.9 Å². The summed E-state index contributed by atoms with van der Waals surface area (Å²) in [5, 5.41) is 0. The Labute approximate surface area is 148 Å². The number of hydrogen-bond acceptors (Lipinski definition) is 5. The van der Waals surface area contributed by atoms with E-state index in [2.05, 4.69) is 28.7 Å². The lowest BCUT2D eigenvalue weighted by Gasteiger charge is -2.25. The quantitative estimate of drug-likeness (QED) is 0.874. The fourth-order valence-corrected chi connectivity index (χ4v) is 3.32. The molecule has 3 rings (SSSR count). The van der Waals surface area contributed by atoms with E-state index in [1.165, 1.54) is 0 Å². The van der Waals surface area contributed by atoms with Crippen LogP contribution < -0.4 is 10.6 Å². The highest BCUT2D eigenvalue weighted by atomic mass is 16.2. The molecule has 6 heteroatoms. The Kier molecular flexibility index (Phi) is 5.28. The van der Waals surface area contributed by atoms with Crippen molar-refractivity contribution in [1.29, 1.82) is 0 Å². The fraction of sp³-hybridized carbons (Fsp3) is 0.421. The summed E-state index contributed by atoms with van der Waals surface area (Å²) < 4.78 is 0. The molecular formula is C19H25N5O. The first-order valence-electron chi connectivity index (χ1n) is 8.87. The number of fused-ring (bicyclic) bond motifs is 3. The van der Waals surface area contributed by atoms with Gasteiger partial charge >= 0.3 is 0 Å². The second-order valence-corrected chi connectivity index (χ2v) is 6.22. The molecule has 0 bridgehead atoms. The van der Waals surface area contributed by atoms with Crippen LogP contribution in [0.25, 0.3) is 11.3 Å². The Balaban J connectivity index is 1.90. The van der Waals surface area contributed by atoms with E-state index in [-0.39, 0.29) is 11.9 Å². The predicted octanol–water partition coefficient (Wildman–Crippen LogP) is 2.35. The molecule has 0 saturated heterocycles. The average Bonchev–Trinajstić information content (AvgIpc) is 2.74. The molecule has 2 aromatic rings. The van der Waals surface area contributed by atoms with E-state index in [1.807, 2.05) is 29.2 Å². The number of nitrogen functional groups attached to an aromatic ring is 1. The lowest BCUT2D eigenvalue weighted by atomic mass is 10.1. The number of benzene rings is 1. The van der Waals surface area contributed by atoms with Crippen LogP contribution in [-0.2, 0) is 11.2 Å². The standard InChI is InChI=1S/C19H25N5O/c1-3-23(4-2)10-7-11-24-16-9-6-5-8-15(16)18-14(12-17(24)25)13-21-19(20)22-18/h5-6,8-9,13H,3-4,7,10-12H2,1-2H3,(H2,20,21,22). The third kappa shape index (κ3) is 3.64. The number of anilines is 2. The first kappa shape index (κ1) is 17.4. The van der Waals surface area contributed by atoms with Crippen LogP contribution in [0.2, 0.25) is 0 Å². The molecule has 0 radical (unpaired) electrons. The molecule has 2 N–H and O–H groups in total. The number of hydrogen-bond donors (Lipinski definition) is 1. The maximum Gasteiger partial charge on any atom is 0.231 e. The molecule has 1 aliphatic heterocycles. The molecule has 1 amide bonds. The van der Waals surface area contributed by atoms with Gasteiger partial charge in [0.1, 0.15) is 0 Å². The third-order valence-corrected chi connectivity index (χ3v) is 4.73.